The summed E-state index contributed by atoms with van der Waals surface area (Å²) in [5.41, 5.74) is 0.540. The molecule has 204 valence electrons. The van der Waals surface area contributed by atoms with Crippen LogP contribution in [-0.2, 0) is 36.6 Å². The van der Waals surface area contributed by atoms with Gasteiger partial charge in [0.1, 0.15) is 22.8 Å². The molecule has 1 saturated heterocycles. The van der Waals surface area contributed by atoms with Crippen LogP contribution in [0.25, 0.3) is 0 Å². The summed E-state index contributed by atoms with van der Waals surface area (Å²) in [7, 11) is 1.28. The van der Waals surface area contributed by atoms with Gasteiger partial charge in [0.15, 0.2) is 0 Å². The molecule has 4 atom stereocenters. The molecule has 0 saturated carbocycles. The Morgan fingerprint density at radius 3 is 2.27 bits per heavy atom. The van der Waals surface area contributed by atoms with E-state index in [9.17, 15) is 14.0 Å². The van der Waals surface area contributed by atoms with Crippen LogP contribution in [0.1, 0.15) is 28.2 Å². The Kier molecular flexibility index (Phi) is 5.59. The van der Waals surface area contributed by atoms with Gasteiger partial charge < -0.3 is 15.0 Å². The fourth-order valence-electron chi connectivity index (χ4n) is 7.21. The van der Waals surface area contributed by atoms with Crippen molar-refractivity contribution >= 4 is 29.2 Å². The molecule has 8 heteroatoms. The number of methoxy groups -OCH3 is 1. The SMILES string of the molecule is COC(=O)[C@@H]1N[C@@]2(C(=O)N(Cc3ccccc3)c3ccccc32)[C@]2(C(=O)Nc3ccccc32)[C@H]1c1ccc(F)cc1. The minimum Gasteiger partial charge on any atom is -0.468 e. The van der Waals surface area contributed by atoms with Crippen LogP contribution in [0.4, 0.5) is 15.8 Å². The number of para-hydroxylation sites is 2. The molecule has 4 aromatic rings. The van der Waals surface area contributed by atoms with Crippen molar-refractivity contribution in [2.45, 2.75) is 29.5 Å². The summed E-state index contributed by atoms with van der Waals surface area (Å²) in [6.45, 7) is 0.267. The number of nitrogens with zero attached hydrogens (tertiary/aromatic N) is 1. The first kappa shape index (κ1) is 25.2. The quantitative estimate of drug-likeness (QED) is 0.370. The predicted molar refractivity (Wildman–Crippen MR) is 151 cm³/mol. The van der Waals surface area contributed by atoms with E-state index in [1.165, 1.54) is 19.2 Å². The van der Waals surface area contributed by atoms with Crippen LogP contribution in [0.2, 0.25) is 0 Å². The van der Waals surface area contributed by atoms with E-state index in [0.29, 0.717) is 28.1 Å². The first-order chi connectivity index (χ1) is 19.9. The normalized spacial score (nSPS) is 25.9. The number of esters is 1. The minimum atomic E-state index is -1.67. The number of carbonyl (C=O) groups excluding carboxylic acids is 3. The number of hydrogen-bond acceptors (Lipinski definition) is 5. The Labute approximate surface area is 235 Å². The van der Waals surface area contributed by atoms with Crippen LogP contribution >= 0.6 is 0 Å². The summed E-state index contributed by atoms with van der Waals surface area (Å²) in [5.74, 6) is -2.76. The second kappa shape index (κ2) is 9.11. The van der Waals surface area contributed by atoms with Crippen molar-refractivity contribution in [2.75, 3.05) is 17.3 Å². The summed E-state index contributed by atoms with van der Waals surface area (Å²) in [6.07, 6.45) is 0. The zero-order chi connectivity index (χ0) is 28.4. The molecule has 0 aliphatic carbocycles. The fraction of sp³-hybridized carbons (Fsp3) is 0.182. The summed E-state index contributed by atoms with van der Waals surface area (Å²) in [4.78, 5) is 44.9. The second-order valence-electron chi connectivity index (χ2n) is 10.6. The van der Waals surface area contributed by atoms with Crippen molar-refractivity contribution in [1.82, 2.24) is 5.32 Å². The number of benzene rings is 4. The molecule has 41 heavy (non-hydrogen) atoms. The van der Waals surface area contributed by atoms with E-state index in [1.807, 2.05) is 72.8 Å². The lowest BCUT2D eigenvalue weighted by Crippen LogP contribution is -2.62. The lowest BCUT2D eigenvalue weighted by atomic mass is 9.57. The molecule has 3 heterocycles. The molecule has 0 radical (unpaired) electrons. The van der Waals surface area contributed by atoms with Gasteiger partial charge in [-0.25, -0.2) is 4.39 Å². The molecule has 3 aliphatic rings. The fourth-order valence-corrected chi connectivity index (χ4v) is 7.21. The highest BCUT2D eigenvalue weighted by Crippen LogP contribution is 2.65. The average molecular weight is 548 g/mol. The van der Waals surface area contributed by atoms with Gasteiger partial charge in [0.05, 0.1) is 13.7 Å². The number of halogens is 1. The van der Waals surface area contributed by atoms with Crippen molar-refractivity contribution in [3.05, 3.63) is 131 Å². The van der Waals surface area contributed by atoms with Gasteiger partial charge in [0.25, 0.3) is 5.91 Å². The third-order valence-corrected chi connectivity index (χ3v) is 8.75. The van der Waals surface area contributed by atoms with Gasteiger partial charge in [-0.1, -0.05) is 78.9 Å². The number of hydrogen-bond donors (Lipinski definition) is 2. The number of ether oxygens (including phenoxy) is 1. The maximum absolute atomic E-state index is 15.1. The number of nitrogens with one attached hydrogen (secondary N) is 2. The lowest BCUT2D eigenvalue weighted by molar-refractivity contribution is -0.143. The molecule has 2 spiro atoms. The smallest absolute Gasteiger partial charge is 0.323 e. The standard InChI is InChI=1S/C33H26FN3O4/c1-41-29(38)28-27(21-15-17-22(34)18-16-21)32(23-11-5-7-13-25(23)35-30(32)39)33(36-28)24-12-6-8-14-26(24)37(31(33)40)19-20-9-3-2-4-10-20/h2-18,27-28,36H,19H2,1H3,(H,35,39)/t27-,28+,32-,33-/m0/s1. The number of carbonyl (C=O) groups is 3. The summed E-state index contributed by atoms with van der Waals surface area (Å²) in [6, 6.07) is 28.8. The highest BCUT2D eigenvalue weighted by molar-refractivity contribution is 6.19. The van der Waals surface area contributed by atoms with E-state index in [4.69, 9.17) is 4.74 Å². The maximum atomic E-state index is 15.1. The van der Waals surface area contributed by atoms with Crippen molar-refractivity contribution in [2.24, 2.45) is 0 Å². The van der Waals surface area contributed by atoms with Gasteiger partial charge in [-0.2, -0.15) is 0 Å². The van der Waals surface area contributed by atoms with E-state index < -0.39 is 40.6 Å². The van der Waals surface area contributed by atoms with Crippen LogP contribution < -0.4 is 15.5 Å². The predicted octanol–water partition coefficient (Wildman–Crippen LogP) is 4.39. The number of anilines is 2. The highest BCUT2D eigenvalue weighted by atomic mass is 19.1. The van der Waals surface area contributed by atoms with Gasteiger partial charge in [-0.15, -0.1) is 0 Å². The number of fused-ring (bicyclic) bond motifs is 5. The van der Waals surface area contributed by atoms with Crippen LogP contribution in [-0.4, -0.2) is 30.9 Å². The van der Waals surface area contributed by atoms with Gasteiger partial charge >= 0.3 is 5.97 Å². The second-order valence-corrected chi connectivity index (χ2v) is 10.6. The average Bonchev–Trinajstić information content (AvgIpc) is 3.57. The molecule has 3 aliphatic heterocycles. The number of amides is 2. The zero-order valence-corrected chi connectivity index (χ0v) is 22.1. The monoisotopic (exact) mass is 547 g/mol. The van der Waals surface area contributed by atoms with Gasteiger partial charge in [-0.05, 0) is 41.0 Å². The summed E-state index contributed by atoms with van der Waals surface area (Å²) in [5, 5.41) is 6.40. The molecule has 7 rings (SSSR count). The molecule has 7 nitrogen and oxygen atoms in total. The van der Waals surface area contributed by atoms with E-state index in [-0.39, 0.29) is 12.5 Å². The Morgan fingerprint density at radius 1 is 0.878 bits per heavy atom. The van der Waals surface area contributed by atoms with Crippen molar-refractivity contribution in [3.63, 3.8) is 0 Å². The van der Waals surface area contributed by atoms with E-state index in [0.717, 1.165) is 5.56 Å². The Morgan fingerprint density at radius 2 is 1.54 bits per heavy atom. The Bertz CT molecular complexity index is 1710. The first-order valence-electron chi connectivity index (χ1n) is 13.4. The third-order valence-electron chi connectivity index (χ3n) is 8.75. The van der Waals surface area contributed by atoms with Crippen molar-refractivity contribution in [3.8, 4) is 0 Å². The summed E-state index contributed by atoms with van der Waals surface area (Å²) >= 11 is 0. The largest absolute Gasteiger partial charge is 0.468 e. The Hall–Kier alpha value is -4.82. The van der Waals surface area contributed by atoms with Gasteiger partial charge in [0, 0.05) is 22.9 Å². The van der Waals surface area contributed by atoms with Crippen molar-refractivity contribution in [1.29, 1.82) is 0 Å². The third kappa shape index (κ3) is 3.25. The molecule has 0 bridgehead atoms. The lowest BCUT2D eigenvalue weighted by Gasteiger charge is -2.41. The maximum Gasteiger partial charge on any atom is 0.323 e. The topological polar surface area (TPSA) is 87.7 Å². The van der Waals surface area contributed by atoms with E-state index in [1.54, 1.807) is 23.1 Å². The van der Waals surface area contributed by atoms with E-state index >= 15 is 4.79 Å². The molecule has 1 fully saturated rings. The molecule has 0 unspecified atom stereocenters. The van der Waals surface area contributed by atoms with Crippen LogP contribution in [0.15, 0.2) is 103 Å². The first-order valence-corrected chi connectivity index (χ1v) is 13.4. The van der Waals surface area contributed by atoms with Crippen LogP contribution in [0.5, 0.6) is 0 Å². The molecule has 4 aromatic carbocycles. The summed E-state index contributed by atoms with van der Waals surface area (Å²) < 4.78 is 19.4. The molecule has 2 amide bonds. The zero-order valence-electron chi connectivity index (χ0n) is 22.1. The van der Waals surface area contributed by atoms with Crippen LogP contribution in [0.3, 0.4) is 0 Å². The Balaban J connectivity index is 1.55. The van der Waals surface area contributed by atoms with E-state index in [2.05, 4.69) is 10.6 Å². The molecule has 0 aromatic heterocycles. The van der Waals surface area contributed by atoms with Crippen LogP contribution in [0, 0.1) is 5.82 Å². The van der Waals surface area contributed by atoms with Gasteiger partial charge in [0.2, 0.25) is 5.91 Å². The molecular weight excluding hydrogens is 521 g/mol. The van der Waals surface area contributed by atoms with Gasteiger partial charge in [-0.3, -0.25) is 19.7 Å². The molecular formula is C33H26FN3O4. The minimum absolute atomic E-state index is 0.267. The number of rotatable bonds is 4. The molecule has 2 N–H and O–H groups in total. The highest BCUT2D eigenvalue weighted by Gasteiger charge is 2.78. The van der Waals surface area contributed by atoms with Crippen molar-refractivity contribution < 1.29 is 23.5 Å².